The number of carbonyl (C=O) groups excluding carboxylic acids is 1. The summed E-state index contributed by atoms with van der Waals surface area (Å²) in [6, 6.07) is 13.3. The van der Waals surface area contributed by atoms with Crippen molar-refractivity contribution in [1.82, 2.24) is 19.9 Å². The first-order chi connectivity index (χ1) is 13.2. The van der Waals surface area contributed by atoms with Gasteiger partial charge in [-0.15, -0.1) is 0 Å². The van der Waals surface area contributed by atoms with Gasteiger partial charge in [-0.05, 0) is 55.7 Å². The van der Waals surface area contributed by atoms with Crippen LogP contribution in [0.5, 0.6) is 0 Å². The highest BCUT2D eigenvalue weighted by molar-refractivity contribution is 5.90. The van der Waals surface area contributed by atoms with Crippen molar-refractivity contribution < 1.29 is 4.79 Å². The van der Waals surface area contributed by atoms with Crippen LogP contribution in [0.25, 0.3) is 11.3 Å². The topological polar surface area (TPSA) is 71.0 Å². The van der Waals surface area contributed by atoms with Crippen LogP contribution in [0.2, 0.25) is 0 Å². The van der Waals surface area contributed by atoms with Gasteiger partial charge in [-0.2, -0.15) is 0 Å². The molecule has 1 N–H and O–H groups in total. The molecule has 2 amide bonds. The Kier molecular flexibility index (Phi) is 4.78. The van der Waals surface area contributed by atoms with Gasteiger partial charge in [-0.3, -0.25) is 4.98 Å². The van der Waals surface area contributed by atoms with E-state index in [4.69, 9.17) is 0 Å². The highest BCUT2D eigenvalue weighted by atomic mass is 16.2. The second-order valence-corrected chi connectivity index (χ2v) is 6.63. The first-order valence-electron chi connectivity index (χ1n) is 9.09. The Morgan fingerprint density at radius 3 is 2.67 bits per heavy atom. The van der Waals surface area contributed by atoms with E-state index in [1.165, 1.54) is 0 Å². The van der Waals surface area contributed by atoms with E-state index >= 15 is 0 Å². The number of pyridine rings is 1. The molecule has 0 aliphatic carbocycles. The minimum absolute atomic E-state index is 0.0769. The largest absolute Gasteiger partial charge is 0.322 e. The van der Waals surface area contributed by atoms with Gasteiger partial charge in [0.1, 0.15) is 0 Å². The highest BCUT2D eigenvalue weighted by Crippen LogP contribution is 2.31. The van der Waals surface area contributed by atoms with Crippen LogP contribution in [0.4, 0.5) is 10.5 Å². The first-order valence-corrected chi connectivity index (χ1v) is 9.09. The van der Waals surface area contributed by atoms with Gasteiger partial charge in [0, 0.05) is 36.4 Å². The molecule has 1 unspecified atom stereocenters. The van der Waals surface area contributed by atoms with Crippen LogP contribution in [0.15, 0.2) is 61.1 Å². The molecule has 0 bridgehead atoms. The van der Waals surface area contributed by atoms with Crippen molar-refractivity contribution in [2.45, 2.75) is 25.8 Å². The monoisotopic (exact) mass is 359 g/mol. The molecule has 0 radical (unpaired) electrons. The number of urea groups is 1. The number of aromatic nitrogens is 3. The van der Waals surface area contributed by atoms with Gasteiger partial charge in [0.15, 0.2) is 5.82 Å². The zero-order valence-electron chi connectivity index (χ0n) is 15.2. The average molecular weight is 359 g/mol. The summed E-state index contributed by atoms with van der Waals surface area (Å²) in [6.45, 7) is 2.74. The molecule has 27 heavy (non-hydrogen) atoms. The molecule has 1 aromatic carbocycles. The Morgan fingerprint density at radius 1 is 1.07 bits per heavy atom. The van der Waals surface area contributed by atoms with E-state index < -0.39 is 0 Å². The molecule has 6 nitrogen and oxygen atoms in total. The molecular weight excluding hydrogens is 338 g/mol. The average Bonchev–Trinajstić information content (AvgIpc) is 3.21. The fraction of sp³-hybridized carbons (Fsp3) is 0.238. The third kappa shape index (κ3) is 3.65. The molecule has 1 fully saturated rings. The molecule has 3 aromatic rings. The van der Waals surface area contributed by atoms with E-state index in [-0.39, 0.29) is 12.1 Å². The predicted octanol–water partition coefficient (Wildman–Crippen LogP) is 4.22. The summed E-state index contributed by atoms with van der Waals surface area (Å²) in [5.74, 6) is 0.697. The SMILES string of the molecule is Cc1ccc(NC(=O)N2CCCC2c2ncccn2)cc1-c1ccccn1. The van der Waals surface area contributed by atoms with Gasteiger partial charge in [0.2, 0.25) is 0 Å². The number of carbonyl (C=O) groups is 1. The van der Waals surface area contributed by atoms with E-state index in [0.29, 0.717) is 12.4 Å². The third-order valence-corrected chi connectivity index (χ3v) is 4.83. The number of likely N-dealkylation sites (tertiary alicyclic amines) is 1. The molecule has 1 atom stereocenters. The second-order valence-electron chi connectivity index (χ2n) is 6.63. The van der Waals surface area contributed by atoms with Gasteiger partial charge in [-0.1, -0.05) is 12.1 Å². The fourth-order valence-corrected chi connectivity index (χ4v) is 3.45. The lowest BCUT2D eigenvalue weighted by Gasteiger charge is -2.24. The van der Waals surface area contributed by atoms with Crippen LogP contribution >= 0.6 is 0 Å². The molecule has 1 aliphatic heterocycles. The van der Waals surface area contributed by atoms with Crippen molar-refractivity contribution in [2.24, 2.45) is 0 Å². The van der Waals surface area contributed by atoms with Gasteiger partial charge < -0.3 is 10.2 Å². The number of hydrogen-bond donors (Lipinski definition) is 1. The lowest BCUT2D eigenvalue weighted by atomic mass is 10.0. The minimum Gasteiger partial charge on any atom is -0.314 e. The van der Waals surface area contributed by atoms with Crippen molar-refractivity contribution >= 4 is 11.7 Å². The summed E-state index contributed by atoms with van der Waals surface area (Å²) >= 11 is 0. The zero-order chi connectivity index (χ0) is 18.6. The van der Waals surface area contributed by atoms with Crippen LogP contribution < -0.4 is 5.32 Å². The maximum absolute atomic E-state index is 12.9. The number of hydrogen-bond acceptors (Lipinski definition) is 4. The normalized spacial score (nSPS) is 16.3. The summed E-state index contributed by atoms with van der Waals surface area (Å²) in [7, 11) is 0. The smallest absolute Gasteiger partial charge is 0.314 e. The van der Waals surface area contributed by atoms with Gasteiger partial charge >= 0.3 is 6.03 Å². The molecule has 2 aromatic heterocycles. The van der Waals surface area contributed by atoms with Crippen molar-refractivity contribution in [1.29, 1.82) is 0 Å². The Morgan fingerprint density at radius 2 is 1.89 bits per heavy atom. The first kappa shape index (κ1) is 17.1. The number of nitrogens with one attached hydrogen (secondary N) is 1. The molecule has 6 heteroatoms. The van der Waals surface area contributed by atoms with Crippen LogP contribution in [0, 0.1) is 6.92 Å². The Bertz CT molecular complexity index is 930. The quantitative estimate of drug-likeness (QED) is 0.760. The number of benzene rings is 1. The lowest BCUT2D eigenvalue weighted by Crippen LogP contribution is -2.35. The number of aryl methyl sites for hydroxylation is 1. The number of nitrogens with zero attached hydrogens (tertiary/aromatic N) is 4. The van der Waals surface area contributed by atoms with Gasteiger partial charge in [-0.25, -0.2) is 14.8 Å². The minimum atomic E-state index is -0.124. The summed E-state index contributed by atoms with van der Waals surface area (Å²) in [6.07, 6.45) is 7.04. The maximum atomic E-state index is 12.9. The van der Waals surface area contributed by atoms with Crippen molar-refractivity contribution in [2.75, 3.05) is 11.9 Å². The van der Waals surface area contributed by atoms with E-state index in [2.05, 4.69) is 20.3 Å². The van der Waals surface area contributed by atoms with E-state index in [9.17, 15) is 4.79 Å². The molecule has 4 rings (SSSR count). The molecule has 1 saturated heterocycles. The van der Waals surface area contributed by atoms with Gasteiger partial charge in [0.25, 0.3) is 0 Å². The number of rotatable bonds is 3. The highest BCUT2D eigenvalue weighted by Gasteiger charge is 2.31. The van der Waals surface area contributed by atoms with Crippen molar-refractivity contribution in [3.8, 4) is 11.3 Å². The Balaban J connectivity index is 1.55. The third-order valence-electron chi connectivity index (χ3n) is 4.83. The summed E-state index contributed by atoms with van der Waals surface area (Å²) < 4.78 is 0. The van der Waals surface area contributed by atoms with Crippen LogP contribution in [0.3, 0.4) is 0 Å². The summed E-state index contributed by atoms with van der Waals surface area (Å²) in [5.41, 5.74) is 3.77. The molecular formula is C21H21N5O. The molecule has 0 spiro atoms. The van der Waals surface area contributed by atoms with Gasteiger partial charge in [0.05, 0.1) is 11.7 Å². The molecule has 0 saturated carbocycles. The van der Waals surface area contributed by atoms with E-state index in [1.54, 1.807) is 24.7 Å². The summed E-state index contributed by atoms with van der Waals surface area (Å²) in [4.78, 5) is 27.8. The number of amides is 2. The van der Waals surface area contributed by atoms with Crippen LogP contribution in [0.1, 0.15) is 30.3 Å². The van der Waals surface area contributed by atoms with Crippen LogP contribution in [-0.2, 0) is 0 Å². The lowest BCUT2D eigenvalue weighted by molar-refractivity contribution is 0.205. The summed E-state index contributed by atoms with van der Waals surface area (Å²) in [5, 5.41) is 3.02. The maximum Gasteiger partial charge on any atom is 0.322 e. The fourth-order valence-electron chi connectivity index (χ4n) is 3.45. The van der Waals surface area contributed by atoms with Crippen molar-refractivity contribution in [3.63, 3.8) is 0 Å². The number of anilines is 1. The molecule has 1 aliphatic rings. The molecule has 3 heterocycles. The van der Waals surface area contributed by atoms with Crippen LogP contribution in [-0.4, -0.2) is 32.4 Å². The molecule has 136 valence electrons. The predicted molar refractivity (Wildman–Crippen MR) is 104 cm³/mol. The standard InChI is InChI=1S/C21H21N5O/c1-15-8-9-16(14-17(15)18-6-2-3-10-22-18)25-21(27)26-13-4-7-19(26)20-23-11-5-12-24-20/h2-3,5-6,8-12,14,19H,4,7,13H2,1H3,(H,25,27). The Labute approximate surface area is 158 Å². The second kappa shape index (κ2) is 7.53. The zero-order valence-corrected chi connectivity index (χ0v) is 15.2. The van der Waals surface area contributed by atoms with E-state index in [1.807, 2.05) is 48.2 Å². The Hall–Kier alpha value is -3.28. The van der Waals surface area contributed by atoms with Crippen molar-refractivity contribution in [3.05, 3.63) is 72.4 Å². The van der Waals surface area contributed by atoms with E-state index in [0.717, 1.165) is 35.3 Å².